The van der Waals surface area contributed by atoms with Crippen LogP contribution in [0, 0.1) is 0 Å². The van der Waals surface area contributed by atoms with Gasteiger partial charge in [-0.1, -0.05) is 28.1 Å². The van der Waals surface area contributed by atoms with E-state index in [1.165, 1.54) is 6.92 Å². The van der Waals surface area contributed by atoms with Crippen LogP contribution in [0.1, 0.15) is 32.3 Å². The molecule has 0 aliphatic carbocycles. The fourth-order valence-corrected chi connectivity index (χ4v) is 4.73. The highest BCUT2D eigenvalue weighted by Crippen LogP contribution is 2.57. The third kappa shape index (κ3) is 4.98. The van der Waals surface area contributed by atoms with Crippen LogP contribution in [-0.4, -0.2) is 35.7 Å². The molecule has 0 aliphatic rings. The summed E-state index contributed by atoms with van der Waals surface area (Å²) in [4.78, 5) is 23.9. The van der Waals surface area contributed by atoms with Gasteiger partial charge in [0.2, 0.25) is 0 Å². The molecule has 128 valence electrons. The van der Waals surface area contributed by atoms with Crippen molar-refractivity contribution in [3.8, 4) is 0 Å². The molecule has 0 aromatic heterocycles. The second-order valence-electron chi connectivity index (χ2n) is 4.80. The van der Waals surface area contributed by atoms with Crippen LogP contribution in [0.15, 0.2) is 28.7 Å². The number of carboxylic acid groups (broad SMARTS) is 1. The number of rotatable bonds is 9. The number of carbonyl (C=O) groups is 2. The lowest BCUT2D eigenvalue weighted by Crippen LogP contribution is -2.33. The van der Waals surface area contributed by atoms with Crippen LogP contribution in [0.5, 0.6) is 0 Å². The van der Waals surface area contributed by atoms with Crippen molar-refractivity contribution in [1.29, 1.82) is 0 Å². The van der Waals surface area contributed by atoms with E-state index in [0.717, 1.165) is 4.47 Å². The lowest BCUT2D eigenvalue weighted by atomic mass is 9.92. The smallest absolute Gasteiger partial charge is 0.345 e. The maximum atomic E-state index is 13.0. The van der Waals surface area contributed by atoms with Gasteiger partial charge in [0.05, 0.1) is 19.1 Å². The number of Topliss-reactive ketones (excluding diaryl/α,β-unsaturated/α-hetero) is 1. The lowest BCUT2D eigenvalue weighted by molar-refractivity contribution is -0.139. The standard InChI is InChI=1S/C15H20BrO6P/c1-4-21-23(20,22-5-2)14(15(18)19)13(10(3)17)11-6-8-12(16)9-7-11/h6-9,13-14H,4-5H2,1-3H3,(H,18,19). The minimum Gasteiger partial charge on any atom is -0.481 e. The largest absolute Gasteiger partial charge is 0.481 e. The molecular weight excluding hydrogens is 387 g/mol. The molecule has 2 atom stereocenters. The van der Waals surface area contributed by atoms with Crippen LogP contribution >= 0.6 is 23.5 Å². The van der Waals surface area contributed by atoms with Crippen molar-refractivity contribution >= 4 is 35.3 Å². The van der Waals surface area contributed by atoms with Crippen molar-refractivity contribution in [2.45, 2.75) is 32.3 Å². The maximum Gasteiger partial charge on any atom is 0.345 e. The van der Waals surface area contributed by atoms with Crippen molar-refractivity contribution in [2.75, 3.05) is 13.2 Å². The minimum atomic E-state index is -4.01. The molecule has 0 bridgehead atoms. The third-order valence-electron chi connectivity index (χ3n) is 3.19. The van der Waals surface area contributed by atoms with Crippen LogP contribution in [-0.2, 0) is 23.2 Å². The summed E-state index contributed by atoms with van der Waals surface area (Å²) < 4.78 is 24.1. The first-order valence-corrected chi connectivity index (χ1v) is 9.54. The predicted molar refractivity (Wildman–Crippen MR) is 89.8 cm³/mol. The molecule has 8 heteroatoms. The molecule has 0 fully saturated rings. The summed E-state index contributed by atoms with van der Waals surface area (Å²) in [5.41, 5.74) is -1.14. The van der Waals surface area contributed by atoms with E-state index in [4.69, 9.17) is 9.05 Å². The zero-order valence-electron chi connectivity index (χ0n) is 13.2. The SMILES string of the molecule is CCOP(=O)(OCC)C(C(=O)O)C(C(C)=O)c1ccc(Br)cc1. The fourth-order valence-electron chi connectivity index (χ4n) is 2.33. The lowest BCUT2D eigenvalue weighted by Gasteiger charge is -2.28. The Bertz CT molecular complexity index is 590. The summed E-state index contributed by atoms with van der Waals surface area (Å²) in [6, 6.07) is 6.62. The van der Waals surface area contributed by atoms with Gasteiger partial charge in [-0.2, -0.15) is 0 Å². The van der Waals surface area contributed by atoms with Crippen molar-refractivity contribution in [2.24, 2.45) is 0 Å². The van der Waals surface area contributed by atoms with Crippen LogP contribution in [0.4, 0.5) is 0 Å². The van der Waals surface area contributed by atoms with Gasteiger partial charge in [0.1, 0.15) is 5.78 Å². The minimum absolute atomic E-state index is 0.0199. The van der Waals surface area contributed by atoms with Crippen molar-refractivity contribution in [1.82, 2.24) is 0 Å². The number of carbonyl (C=O) groups excluding carboxylic acids is 1. The molecule has 1 aromatic rings. The second-order valence-corrected chi connectivity index (χ2v) is 7.87. The quantitative estimate of drug-likeness (QED) is 0.626. The summed E-state index contributed by atoms with van der Waals surface area (Å²) in [6.45, 7) is 4.49. The molecule has 0 radical (unpaired) electrons. The molecule has 0 saturated carbocycles. The number of carboxylic acids is 1. The van der Waals surface area contributed by atoms with Gasteiger partial charge in [0.25, 0.3) is 0 Å². The van der Waals surface area contributed by atoms with E-state index in [9.17, 15) is 19.3 Å². The summed E-state index contributed by atoms with van der Waals surface area (Å²) in [5.74, 6) is -2.93. The molecule has 2 unspecified atom stereocenters. The Labute approximate surface area is 143 Å². The Kier molecular flexibility index (Phi) is 7.61. The molecule has 0 heterocycles. The van der Waals surface area contributed by atoms with E-state index < -0.39 is 30.9 Å². The van der Waals surface area contributed by atoms with Gasteiger partial charge < -0.3 is 14.2 Å². The molecule has 0 aliphatic heterocycles. The van der Waals surface area contributed by atoms with Gasteiger partial charge in [-0.3, -0.25) is 14.2 Å². The molecule has 1 rings (SSSR count). The Hall–Kier alpha value is -1.01. The van der Waals surface area contributed by atoms with Crippen LogP contribution < -0.4 is 0 Å². The first-order valence-electron chi connectivity index (χ1n) is 7.14. The van der Waals surface area contributed by atoms with E-state index in [1.807, 2.05) is 0 Å². The predicted octanol–water partition coefficient (Wildman–Crippen LogP) is 3.84. The fraction of sp³-hybridized carbons (Fsp3) is 0.467. The van der Waals surface area contributed by atoms with Crippen LogP contribution in [0.2, 0.25) is 0 Å². The molecular formula is C15H20BrO6P. The van der Waals surface area contributed by atoms with E-state index >= 15 is 0 Å². The molecule has 0 saturated heterocycles. The molecule has 1 N–H and O–H groups in total. The normalized spacial score (nSPS) is 14.3. The van der Waals surface area contributed by atoms with Crippen LogP contribution in [0.3, 0.4) is 0 Å². The Balaban J connectivity index is 3.42. The van der Waals surface area contributed by atoms with E-state index in [-0.39, 0.29) is 13.2 Å². The number of benzene rings is 1. The first kappa shape index (κ1) is 20.0. The molecule has 6 nitrogen and oxygen atoms in total. The highest BCUT2D eigenvalue weighted by atomic mass is 79.9. The van der Waals surface area contributed by atoms with Gasteiger partial charge >= 0.3 is 13.6 Å². The van der Waals surface area contributed by atoms with Gasteiger partial charge in [-0.05, 0) is 38.5 Å². The average molecular weight is 407 g/mol. The third-order valence-corrected chi connectivity index (χ3v) is 6.16. The number of hydrogen-bond donors (Lipinski definition) is 1. The zero-order chi connectivity index (χ0) is 17.6. The van der Waals surface area contributed by atoms with Gasteiger partial charge in [-0.15, -0.1) is 0 Å². The molecule has 0 amide bonds. The van der Waals surface area contributed by atoms with E-state index in [2.05, 4.69) is 15.9 Å². The van der Waals surface area contributed by atoms with Crippen molar-refractivity contribution in [3.05, 3.63) is 34.3 Å². The molecule has 1 aromatic carbocycles. The van der Waals surface area contributed by atoms with E-state index in [0.29, 0.717) is 5.56 Å². The number of aliphatic carboxylic acids is 1. The zero-order valence-corrected chi connectivity index (χ0v) is 15.7. The maximum absolute atomic E-state index is 13.0. The number of halogens is 1. The number of hydrogen-bond acceptors (Lipinski definition) is 5. The summed E-state index contributed by atoms with van der Waals surface area (Å²) in [7, 11) is -4.01. The number of ketones is 1. The Morgan fingerprint density at radius 1 is 1.17 bits per heavy atom. The summed E-state index contributed by atoms with van der Waals surface area (Å²) in [6.07, 6.45) is 0. The van der Waals surface area contributed by atoms with E-state index in [1.54, 1.807) is 38.1 Å². The van der Waals surface area contributed by atoms with Gasteiger partial charge in [0, 0.05) is 4.47 Å². The highest BCUT2D eigenvalue weighted by Gasteiger charge is 2.49. The Morgan fingerprint density at radius 2 is 1.65 bits per heavy atom. The first-order chi connectivity index (χ1) is 10.8. The van der Waals surface area contributed by atoms with Gasteiger partial charge in [-0.25, -0.2) is 0 Å². The molecule has 23 heavy (non-hydrogen) atoms. The summed E-state index contributed by atoms with van der Waals surface area (Å²) in [5, 5.41) is 9.60. The Morgan fingerprint density at radius 3 is 2.00 bits per heavy atom. The second kappa shape index (κ2) is 8.73. The monoisotopic (exact) mass is 406 g/mol. The molecule has 0 spiro atoms. The van der Waals surface area contributed by atoms with Crippen molar-refractivity contribution < 1.29 is 28.3 Å². The topological polar surface area (TPSA) is 89.9 Å². The van der Waals surface area contributed by atoms with Gasteiger partial charge in [0.15, 0.2) is 5.66 Å². The van der Waals surface area contributed by atoms with Crippen molar-refractivity contribution in [3.63, 3.8) is 0 Å². The summed E-state index contributed by atoms with van der Waals surface area (Å²) >= 11 is 3.28. The highest BCUT2D eigenvalue weighted by molar-refractivity contribution is 9.10. The average Bonchev–Trinajstić information content (AvgIpc) is 2.45. The van der Waals surface area contributed by atoms with Crippen LogP contribution in [0.25, 0.3) is 0 Å².